The lowest BCUT2D eigenvalue weighted by Crippen LogP contribution is -2.19. The van der Waals surface area contributed by atoms with Crippen molar-refractivity contribution >= 4 is 11.9 Å². The molecule has 0 spiro atoms. The highest BCUT2D eigenvalue weighted by Crippen LogP contribution is 2.21. The number of hydrogen-bond acceptors (Lipinski definition) is 3. The van der Waals surface area contributed by atoms with Crippen LogP contribution in [0.2, 0.25) is 0 Å². The van der Waals surface area contributed by atoms with Crippen molar-refractivity contribution in [3.63, 3.8) is 0 Å². The minimum absolute atomic E-state index is 0.133. The van der Waals surface area contributed by atoms with Crippen LogP contribution in [0.15, 0.2) is 18.3 Å². The molecule has 1 amide bonds. The number of anilines is 1. The Hall–Kier alpha value is -1.58. The van der Waals surface area contributed by atoms with Crippen molar-refractivity contribution < 1.29 is 9.53 Å². The van der Waals surface area contributed by atoms with E-state index in [1.54, 1.807) is 20.0 Å². The molecule has 0 atom stereocenters. The van der Waals surface area contributed by atoms with E-state index in [0.29, 0.717) is 11.7 Å². The largest absolute Gasteiger partial charge is 0.447 e. The van der Waals surface area contributed by atoms with Crippen LogP contribution in [0.1, 0.15) is 39.2 Å². The SMILES string of the molecule is CC(C)OC(=O)Nc1ncccc1C(C)C. The van der Waals surface area contributed by atoms with E-state index in [1.165, 1.54) is 0 Å². The highest BCUT2D eigenvalue weighted by molar-refractivity contribution is 5.84. The fourth-order valence-electron chi connectivity index (χ4n) is 1.33. The first-order valence-corrected chi connectivity index (χ1v) is 5.43. The van der Waals surface area contributed by atoms with Gasteiger partial charge in [0.25, 0.3) is 0 Å². The molecule has 1 N–H and O–H groups in total. The van der Waals surface area contributed by atoms with Gasteiger partial charge in [-0.3, -0.25) is 5.32 Å². The summed E-state index contributed by atoms with van der Waals surface area (Å²) in [5.41, 5.74) is 1.00. The van der Waals surface area contributed by atoms with Gasteiger partial charge in [0.05, 0.1) is 6.10 Å². The Bertz CT molecular complexity index is 362. The number of hydrogen-bond donors (Lipinski definition) is 1. The first kappa shape index (κ1) is 12.5. The molecule has 0 aromatic carbocycles. The first-order valence-electron chi connectivity index (χ1n) is 5.43. The summed E-state index contributed by atoms with van der Waals surface area (Å²) in [6.07, 6.45) is 1.05. The molecule has 0 fully saturated rings. The van der Waals surface area contributed by atoms with Gasteiger partial charge in [-0.15, -0.1) is 0 Å². The highest BCUT2D eigenvalue weighted by atomic mass is 16.6. The summed E-state index contributed by atoms with van der Waals surface area (Å²) in [6.45, 7) is 7.72. The maximum atomic E-state index is 11.4. The van der Waals surface area contributed by atoms with Gasteiger partial charge in [0.2, 0.25) is 0 Å². The summed E-state index contributed by atoms with van der Waals surface area (Å²) in [6, 6.07) is 3.80. The molecule has 1 aromatic heterocycles. The Morgan fingerprint density at radius 2 is 2.06 bits per heavy atom. The molecule has 1 rings (SSSR count). The topological polar surface area (TPSA) is 51.2 Å². The van der Waals surface area contributed by atoms with E-state index in [9.17, 15) is 4.79 Å². The zero-order valence-corrected chi connectivity index (χ0v) is 10.2. The van der Waals surface area contributed by atoms with Crippen LogP contribution < -0.4 is 5.32 Å². The Morgan fingerprint density at radius 1 is 1.38 bits per heavy atom. The molecular weight excluding hydrogens is 204 g/mol. The Kier molecular flexibility index (Phi) is 4.28. The van der Waals surface area contributed by atoms with Crippen LogP contribution in [0.5, 0.6) is 0 Å². The minimum Gasteiger partial charge on any atom is -0.447 e. The molecule has 0 bridgehead atoms. The number of carbonyl (C=O) groups excluding carboxylic acids is 1. The van der Waals surface area contributed by atoms with E-state index in [1.807, 2.05) is 12.1 Å². The van der Waals surface area contributed by atoms with E-state index in [4.69, 9.17) is 4.74 Å². The highest BCUT2D eigenvalue weighted by Gasteiger charge is 2.11. The lowest BCUT2D eigenvalue weighted by molar-refractivity contribution is 0.130. The third-order valence-corrected chi connectivity index (χ3v) is 2.02. The summed E-state index contributed by atoms with van der Waals surface area (Å²) < 4.78 is 5.00. The second kappa shape index (κ2) is 5.49. The Morgan fingerprint density at radius 3 is 2.62 bits per heavy atom. The van der Waals surface area contributed by atoms with Crippen LogP contribution in [-0.2, 0) is 4.74 Å². The molecule has 0 unspecified atom stereocenters. The molecular formula is C12H18N2O2. The molecule has 0 saturated carbocycles. The monoisotopic (exact) mass is 222 g/mol. The van der Waals surface area contributed by atoms with E-state index >= 15 is 0 Å². The molecule has 0 saturated heterocycles. The van der Waals surface area contributed by atoms with Crippen LogP contribution in [0.3, 0.4) is 0 Å². The van der Waals surface area contributed by atoms with Crippen LogP contribution in [0.4, 0.5) is 10.6 Å². The van der Waals surface area contributed by atoms with Gasteiger partial charge >= 0.3 is 6.09 Å². The maximum Gasteiger partial charge on any atom is 0.413 e. The van der Waals surface area contributed by atoms with Crippen molar-refractivity contribution in [3.8, 4) is 0 Å². The smallest absolute Gasteiger partial charge is 0.413 e. The van der Waals surface area contributed by atoms with Crippen molar-refractivity contribution in [1.29, 1.82) is 0 Å². The minimum atomic E-state index is -0.462. The van der Waals surface area contributed by atoms with Crippen LogP contribution in [0, 0.1) is 0 Å². The molecule has 0 aliphatic heterocycles. The number of carbonyl (C=O) groups is 1. The summed E-state index contributed by atoms with van der Waals surface area (Å²) >= 11 is 0. The Labute approximate surface area is 96.0 Å². The zero-order chi connectivity index (χ0) is 12.1. The first-order chi connectivity index (χ1) is 7.50. The number of ether oxygens (including phenoxy) is 1. The molecule has 4 heteroatoms. The van der Waals surface area contributed by atoms with Gasteiger partial charge in [-0.25, -0.2) is 9.78 Å². The van der Waals surface area contributed by atoms with E-state index in [2.05, 4.69) is 24.1 Å². The summed E-state index contributed by atoms with van der Waals surface area (Å²) in [5, 5.41) is 2.65. The fraction of sp³-hybridized carbons (Fsp3) is 0.500. The van der Waals surface area contributed by atoms with Gasteiger partial charge in [-0.2, -0.15) is 0 Å². The third kappa shape index (κ3) is 3.53. The van der Waals surface area contributed by atoms with Gasteiger partial charge < -0.3 is 4.74 Å². The second-order valence-electron chi connectivity index (χ2n) is 4.17. The van der Waals surface area contributed by atoms with Crippen LogP contribution >= 0.6 is 0 Å². The number of amides is 1. The number of pyridine rings is 1. The number of aromatic nitrogens is 1. The van der Waals surface area contributed by atoms with Gasteiger partial charge in [0.1, 0.15) is 5.82 Å². The number of nitrogens with one attached hydrogen (secondary N) is 1. The average Bonchev–Trinajstić information content (AvgIpc) is 2.16. The Balaban J connectivity index is 2.77. The van der Waals surface area contributed by atoms with Crippen molar-refractivity contribution in [2.75, 3.05) is 5.32 Å². The van der Waals surface area contributed by atoms with Gasteiger partial charge in [-0.05, 0) is 31.4 Å². The lowest BCUT2D eigenvalue weighted by Gasteiger charge is -2.13. The average molecular weight is 222 g/mol. The normalized spacial score (nSPS) is 10.6. The van der Waals surface area contributed by atoms with Crippen LogP contribution in [0.25, 0.3) is 0 Å². The third-order valence-electron chi connectivity index (χ3n) is 2.02. The predicted molar refractivity (Wildman–Crippen MR) is 63.6 cm³/mol. The molecule has 4 nitrogen and oxygen atoms in total. The standard InChI is InChI=1S/C12H18N2O2/c1-8(2)10-6-5-7-13-11(10)14-12(15)16-9(3)4/h5-9H,1-4H3,(H,13,14,15). The molecule has 1 heterocycles. The molecule has 1 aromatic rings. The number of nitrogens with zero attached hydrogens (tertiary/aromatic N) is 1. The van der Waals surface area contributed by atoms with Crippen molar-refractivity contribution in [2.24, 2.45) is 0 Å². The fourth-order valence-corrected chi connectivity index (χ4v) is 1.33. The van der Waals surface area contributed by atoms with E-state index < -0.39 is 6.09 Å². The predicted octanol–water partition coefficient (Wildman–Crippen LogP) is 3.16. The van der Waals surface area contributed by atoms with Gasteiger partial charge in [0, 0.05) is 6.20 Å². The quantitative estimate of drug-likeness (QED) is 0.854. The summed E-state index contributed by atoms with van der Waals surface area (Å²) in [4.78, 5) is 15.6. The summed E-state index contributed by atoms with van der Waals surface area (Å²) in [7, 11) is 0. The van der Waals surface area contributed by atoms with Crippen molar-refractivity contribution in [2.45, 2.75) is 39.7 Å². The molecule has 16 heavy (non-hydrogen) atoms. The van der Waals surface area contributed by atoms with Crippen molar-refractivity contribution in [1.82, 2.24) is 4.98 Å². The molecule has 88 valence electrons. The van der Waals surface area contributed by atoms with E-state index in [0.717, 1.165) is 5.56 Å². The lowest BCUT2D eigenvalue weighted by atomic mass is 10.0. The molecule has 0 aliphatic rings. The maximum absolute atomic E-state index is 11.4. The number of rotatable bonds is 3. The second-order valence-corrected chi connectivity index (χ2v) is 4.17. The van der Waals surface area contributed by atoms with Gasteiger partial charge in [-0.1, -0.05) is 19.9 Å². The van der Waals surface area contributed by atoms with Gasteiger partial charge in [0.15, 0.2) is 0 Å². The molecule has 0 aliphatic carbocycles. The molecule has 0 radical (unpaired) electrons. The van der Waals surface area contributed by atoms with E-state index in [-0.39, 0.29) is 6.10 Å². The summed E-state index contributed by atoms with van der Waals surface area (Å²) in [5.74, 6) is 0.881. The van der Waals surface area contributed by atoms with Crippen molar-refractivity contribution in [3.05, 3.63) is 23.9 Å². The zero-order valence-electron chi connectivity index (χ0n) is 10.2. The van der Waals surface area contributed by atoms with Crippen LogP contribution in [-0.4, -0.2) is 17.2 Å².